The molecule has 5 rings (SSSR count). The summed E-state index contributed by atoms with van der Waals surface area (Å²) >= 11 is 23.8. The van der Waals surface area contributed by atoms with E-state index in [4.69, 9.17) is 56.5 Å². The summed E-state index contributed by atoms with van der Waals surface area (Å²) in [5.74, 6) is -0.938. The molecule has 1 amide bonds. The van der Waals surface area contributed by atoms with Gasteiger partial charge in [-0.25, -0.2) is 14.8 Å². The number of carbonyl (C=O) groups is 3. The third-order valence-electron chi connectivity index (χ3n) is 5.84. The molecule has 0 radical (unpaired) electrons. The van der Waals surface area contributed by atoms with Crippen molar-refractivity contribution in [2.75, 3.05) is 12.4 Å². The number of H-pyrrole nitrogens is 1. The fourth-order valence-corrected chi connectivity index (χ4v) is 4.82. The van der Waals surface area contributed by atoms with Crippen LogP contribution in [0.5, 0.6) is 5.75 Å². The summed E-state index contributed by atoms with van der Waals surface area (Å²) in [5.41, 5.74) is 1.19. The van der Waals surface area contributed by atoms with Crippen molar-refractivity contribution in [3.63, 3.8) is 0 Å². The molecule has 240 valence electrons. The van der Waals surface area contributed by atoms with Gasteiger partial charge in [0.2, 0.25) is 5.91 Å². The van der Waals surface area contributed by atoms with Crippen molar-refractivity contribution in [1.29, 1.82) is 0 Å². The molecule has 0 aliphatic heterocycles. The second-order valence-electron chi connectivity index (χ2n) is 8.75. The van der Waals surface area contributed by atoms with E-state index in [0.29, 0.717) is 42.3 Å². The van der Waals surface area contributed by atoms with Crippen molar-refractivity contribution in [3.8, 4) is 16.9 Å². The van der Waals surface area contributed by atoms with E-state index in [1.165, 1.54) is 31.6 Å². The third kappa shape index (κ3) is 12.7. The molecular weight excluding hydrogens is 764 g/mol. The zero-order valence-corrected chi connectivity index (χ0v) is 34.7. The Hall–Kier alpha value is -1.45. The van der Waals surface area contributed by atoms with Crippen LogP contribution < -0.4 is 119 Å². The summed E-state index contributed by atoms with van der Waals surface area (Å²) in [7, 11) is 1.26. The molecule has 12 nitrogen and oxygen atoms in total. The number of anilines is 1. The van der Waals surface area contributed by atoms with Gasteiger partial charge in [0, 0.05) is 33.0 Å². The Morgan fingerprint density at radius 3 is 2.19 bits per heavy atom. The number of ether oxygens (including phenoxy) is 1. The standard InChI is InChI=1S/C15H12Cl2N2O3.C14H8Cl2N2O2.CH2O3.2K.H/c1-22-15(21)11-3-2-6-18-14(11)19-13(20)7-9-4-5-10(16)8-12(9)17;15-7-3-4-8(10(16)6-7)11-12(19)9-2-1-5-17-13(9)18-14(11)20;2-1-4-3;;;/h2-6,8H,7H2,1H3,(H,18,19,20);1-6H,(H2,17,18,19,20);1,3H;;;/q;;;2*+1;-1/p-1. The predicted molar refractivity (Wildman–Crippen MR) is 172 cm³/mol. The number of aromatic hydroxyl groups is 1. The van der Waals surface area contributed by atoms with Gasteiger partial charge in [-0.3, -0.25) is 14.4 Å². The molecule has 2 aromatic carbocycles. The van der Waals surface area contributed by atoms with Gasteiger partial charge in [0.15, 0.2) is 0 Å². The molecule has 0 aliphatic rings. The Labute approximate surface area is 379 Å². The van der Waals surface area contributed by atoms with E-state index in [1.54, 1.807) is 48.5 Å². The number of aromatic amines is 1. The molecule has 0 spiro atoms. The van der Waals surface area contributed by atoms with Crippen molar-refractivity contribution in [3.05, 3.63) is 115 Å². The maximum Gasteiger partial charge on any atom is 1.00 e. The van der Waals surface area contributed by atoms with Gasteiger partial charge in [0.25, 0.3) is 12.0 Å². The molecular formula is C30H22Cl4K2N4O8. The number of aromatic nitrogens is 3. The summed E-state index contributed by atoms with van der Waals surface area (Å²) < 4.78 is 4.64. The van der Waals surface area contributed by atoms with Crippen LogP contribution >= 0.6 is 46.4 Å². The average molecular weight is 787 g/mol. The van der Waals surface area contributed by atoms with E-state index in [1.807, 2.05) is 0 Å². The largest absolute Gasteiger partial charge is 1.00 e. The predicted octanol–water partition coefficient (Wildman–Crippen LogP) is -0.486. The number of hydrogen-bond donors (Lipinski definition) is 3. The maximum absolute atomic E-state index is 12.1. The van der Waals surface area contributed by atoms with Gasteiger partial charge in [-0.1, -0.05) is 58.5 Å². The number of halogens is 4. The van der Waals surface area contributed by atoms with Crippen molar-refractivity contribution >= 4 is 81.6 Å². The van der Waals surface area contributed by atoms with E-state index in [9.17, 15) is 19.5 Å². The van der Waals surface area contributed by atoms with Gasteiger partial charge in [0.05, 0.1) is 29.5 Å². The van der Waals surface area contributed by atoms with Crippen LogP contribution in [-0.2, 0) is 25.6 Å². The number of hydrogen-bond acceptors (Lipinski definition) is 10. The second kappa shape index (κ2) is 22.4. The molecule has 0 bridgehead atoms. The molecule has 0 saturated carbocycles. The monoisotopic (exact) mass is 784 g/mol. The summed E-state index contributed by atoms with van der Waals surface area (Å²) in [5, 5.41) is 23.4. The number of fused-ring (bicyclic) bond motifs is 1. The van der Waals surface area contributed by atoms with E-state index < -0.39 is 11.5 Å². The second-order valence-corrected chi connectivity index (χ2v) is 10.4. The van der Waals surface area contributed by atoms with Gasteiger partial charge < -0.3 is 31.7 Å². The van der Waals surface area contributed by atoms with Crippen molar-refractivity contribution < 1.29 is 139 Å². The quantitative estimate of drug-likeness (QED) is 0.0668. The van der Waals surface area contributed by atoms with Crippen molar-refractivity contribution in [2.45, 2.75) is 6.42 Å². The number of carbonyl (C=O) groups excluding carboxylic acids is 3. The Balaban J connectivity index is 0.000000805. The molecule has 0 atom stereocenters. The van der Waals surface area contributed by atoms with Gasteiger partial charge >= 0.3 is 109 Å². The molecule has 5 aromatic rings. The van der Waals surface area contributed by atoms with Crippen LogP contribution in [-0.4, -0.2) is 45.5 Å². The fraction of sp³-hybridized carbons (Fsp3) is 0.0667. The first-order valence-corrected chi connectivity index (χ1v) is 14.2. The number of benzene rings is 2. The normalized spacial score (nSPS) is 9.62. The Morgan fingerprint density at radius 2 is 1.58 bits per heavy atom. The molecule has 18 heteroatoms. The zero-order chi connectivity index (χ0) is 33.8. The van der Waals surface area contributed by atoms with Crippen LogP contribution in [0.15, 0.2) is 77.9 Å². The minimum atomic E-state index is -0.576. The SMILES string of the molecule is COC(=O)c1cccnc1NC(=O)Cc1ccc(Cl)cc1Cl.O=CO[O-].O=c1[nH]c2ncccc2c(O)c1-c1ccc(Cl)cc1Cl.[H-].[K+].[K+]. The molecule has 48 heavy (non-hydrogen) atoms. The minimum absolute atomic E-state index is 0. The summed E-state index contributed by atoms with van der Waals surface area (Å²) in [6.07, 6.45) is 3.04. The molecule has 3 aromatic heterocycles. The topological polar surface area (TPSA) is 184 Å². The van der Waals surface area contributed by atoms with Crippen molar-refractivity contribution in [2.24, 2.45) is 0 Å². The Morgan fingerprint density at radius 1 is 0.979 bits per heavy atom. The van der Waals surface area contributed by atoms with Crippen LogP contribution in [0, 0.1) is 0 Å². The number of pyridine rings is 3. The fourth-order valence-electron chi connectivity index (χ4n) is 3.84. The Kier molecular flexibility index (Phi) is 20.8. The average Bonchev–Trinajstić information content (AvgIpc) is 3.03. The van der Waals surface area contributed by atoms with E-state index in [-0.39, 0.29) is 146 Å². The summed E-state index contributed by atoms with van der Waals surface area (Å²) in [6, 6.07) is 16.0. The van der Waals surface area contributed by atoms with Gasteiger partial charge in [0.1, 0.15) is 22.8 Å². The zero-order valence-electron chi connectivity index (χ0n) is 26.4. The number of amides is 1. The summed E-state index contributed by atoms with van der Waals surface area (Å²) in [6.45, 7) is -0.181. The first-order chi connectivity index (χ1) is 22.0. The molecule has 0 fully saturated rings. The van der Waals surface area contributed by atoms with E-state index >= 15 is 0 Å². The van der Waals surface area contributed by atoms with E-state index in [2.05, 4.69) is 29.9 Å². The number of nitrogens with zero attached hydrogens (tertiary/aromatic N) is 2. The van der Waals surface area contributed by atoms with Crippen molar-refractivity contribution in [1.82, 2.24) is 15.0 Å². The van der Waals surface area contributed by atoms with Crippen LogP contribution in [0.25, 0.3) is 22.2 Å². The number of rotatable bonds is 6. The number of esters is 1. The van der Waals surface area contributed by atoms with Gasteiger partial charge in [-0.15, -0.1) is 0 Å². The molecule has 0 unspecified atom stereocenters. The molecule has 0 aliphatic carbocycles. The smallest absolute Gasteiger partial charge is 1.00 e. The first kappa shape index (κ1) is 44.6. The summed E-state index contributed by atoms with van der Waals surface area (Å²) in [4.78, 5) is 57.7. The molecule has 3 N–H and O–H groups in total. The number of nitrogens with one attached hydrogen (secondary N) is 2. The minimum Gasteiger partial charge on any atom is -1.00 e. The van der Waals surface area contributed by atoms with Gasteiger partial charge in [-0.2, -0.15) is 0 Å². The van der Waals surface area contributed by atoms with Crippen LogP contribution in [0.1, 0.15) is 17.3 Å². The van der Waals surface area contributed by atoms with E-state index in [0.717, 1.165) is 0 Å². The molecule has 3 heterocycles. The Bertz CT molecular complexity index is 1960. The van der Waals surface area contributed by atoms with Crippen LogP contribution in [0.2, 0.25) is 20.1 Å². The third-order valence-corrected chi connectivity index (χ3v) is 6.97. The van der Waals surface area contributed by atoms with Gasteiger partial charge in [-0.05, 0) is 54.1 Å². The first-order valence-electron chi connectivity index (χ1n) is 12.6. The maximum atomic E-state index is 12.1. The number of methoxy groups -OCH3 is 1. The van der Waals surface area contributed by atoms with Crippen LogP contribution in [0.4, 0.5) is 5.82 Å². The van der Waals surface area contributed by atoms with Crippen LogP contribution in [0.3, 0.4) is 0 Å². The molecule has 0 saturated heterocycles.